The lowest BCUT2D eigenvalue weighted by molar-refractivity contribution is -0.385. The summed E-state index contributed by atoms with van der Waals surface area (Å²) in [4.78, 5) is 35.3. The molecular weight excluding hydrogens is 356 g/mol. The maximum atomic E-state index is 12.5. The molecule has 1 aliphatic carbocycles. The minimum Gasteiger partial charge on any atom is -0.486 e. The standard InChI is InChI=1S/C18H22N2O7/c1-11(17(21)19-12-5-3-2-4-6-12)27-18(22)13-9-15-16(26-8-7-25-15)10-14(13)20(23)24/h9-12H,2-8H2,1H3,(H,19,21)/t11-/m0/s1. The Labute approximate surface area is 156 Å². The first-order chi connectivity index (χ1) is 13.0. The van der Waals surface area contributed by atoms with Gasteiger partial charge in [0.25, 0.3) is 11.6 Å². The summed E-state index contributed by atoms with van der Waals surface area (Å²) in [6.07, 6.45) is 4.02. The van der Waals surface area contributed by atoms with Gasteiger partial charge in [-0.3, -0.25) is 14.9 Å². The van der Waals surface area contributed by atoms with Gasteiger partial charge in [0, 0.05) is 12.1 Å². The summed E-state index contributed by atoms with van der Waals surface area (Å²) in [5, 5.41) is 14.2. The molecule has 2 aliphatic rings. The topological polar surface area (TPSA) is 117 Å². The molecule has 1 atom stereocenters. The zero-order chi connectivity index (χ0) is 19.4. The van der Waals surface area contributed by atoms with Gasteiger partial charge >= 0.3 is 5.97 Å². The van der Waals surface area contributed by atoms with Crippen molar-refractivity contribution in [3.05, 3.63) is 27.8 Å². The van der Waals surface area contributed by atoms with Crippen LogP contribution < -0.4 is 14.8 Å². The summed E-state index contributed by atoms with van der Waals surface area (Å²) in [5.74, 6) is -0.925. The van der Waals surface area contributed by atoms with Crippen LogP contribution in [0.4, 0.5) is 5.69 Å². The molecule has 0 aromatic heterocycles. The number of esters is 1. The largest absolute Gasteiger partial charge is 0.486 e. The molecule has 27 heavy (non-hydrogen) atoms. The van der Waals surface area contributed by atoms with Crippen molar-refractivity contribution < 1.29 is 28.7 Å². The number of benzene rings is 1. The summed E-state index contributed by atoms with van der Waals surface area (Å²) < 4.78 is 15.8. The number of nitrogens with one attached hydrogen (secondary N) is 1. The number of carbonyl (C=O) groups is 2. The Hall–Kier alpha value is -2.84. The Morgan fingerprint density at radius 3 is 2.44 bits per heavy atom. The van der Waals surface area contributed by atoms with Crippen LogP contribution in [0.3, 0.4) is 0 Å². The molecule has 0 spiro atoms. The fraction of sp³-hybridized carbons (Fsp3) is 0.556. The Kier molecular flexibility index (Phi) is 5.78. The van der Waals surface area contributed by atoms with Crippen LogP contribution in [-0.4, -0.2) is 42.2 Å². The van der Waals surface area contributed by atoms with E-state index in [1.807, 2.05) is 0 Å². The molecule has 0 bridgehead atoms. The molecule has 3 rings (SSSR count). The summed E-state index contributed by atoms with van der Waals surface area (Å²) in [5.41, 5.74) is -0.731. The summed E-state index contributed by atoms with van der Waals surface area (Å²) in [6.45, 7) is 1.99. The van der Waals surface area contributed by atoms with Crippen molar-refractivity contribution in [2.24, 2.45) is 0 Å². The number of nitro benzene ring substituents is 1. The van der Waals surface area contributed by atoms with Crippen molar-refractivity contribution in [3.8, 4) is 11.5 Å². The minimum atomic E-state index is -1.06. The number of hydrogen-bond donors (Lipinski definition) is 1. The molecule has 1 amide bonds. The van der Waals surface area contributed by atoms with Crippen LogP contribution in [0.2, 0.25) is 0 Å². The van der Waals surface area contributed by atoms with Crippen LogP contribution in [-0.2, 0) is 9.53 Å². The van der Waals surface area contributed by atoms with Gasteiger partial charge in [0.05, 0.1) is 11.0 Å². The number of carbonyl (C=O) groups excluding carboxylic acids is 2. The molecule has 9 heteroatoms. The van der Waals surface area contributed by atoms with Crippen molar-refractivity contribution in [1.29, 1.82) is 0 Å². The van der Waals surface area contributed by atoms with E-state index in [1.54, 1.807) is 0 Å². The highest BCUT2D eigenvalue weighted by Gasteiger charge is 2.30. The first-order valence-electron chi connectivity index (χ1n) is 9.05. The smallest absolute Gasteiger partial charge is 0.346 e. The Morgan fingerprint density at radius 1 is 1.19 bits per heavy atom. The van der Waals surface area contributed by atoms with E-state index in [2.05, 4.69) is 5.32 Å². The highest BCUT2D eigenvalue weighted by atomic mass is 16.6. The molecule has 1 heterocycles. The van der Waals surface area contributed by atoms with Gasteiger partial charge in [-0.15, -0.1) is 0 Å². The van der Waals surface area contributed by atoms with Crippen molar-refractivity contribution >= 4 is 17.6 Å². The third-order valence-corrected chi connectivity index (χ3v) is 4.68. The zero-order valence-electron chi connectivity index (χ0n) is 15.1. The molecule has 1 aromatic rings. The van der Waals surface area contributed by atoms with Gasteiger partial charge in [-0.25, -0.2) is 4.79 Å². The maximum absolute atomic E-state index is 12.5. The highest BCUT2D eigenvalue weighted by molar-refractivity contribution is 5.96. The van der Waals surface area contributed by atoms with Gasteiger partial charge in [-0.1, -0.05) is 19.3 Å². The van der Waals surface area contributed by atoms with Crippen LogP contribution in [0.5, 0.6) is 11.5 Å². The molecule has 1 aliphatic heterocycles. The van der Waals surface area contributed by atoms with Gasteiger partial charge in [0.15, 0.2) is 17.6 Å². The monoisotopic (exact) mass is 378 g/mol. The minimum absolute atomic E-state index is 0.0797. The average molecular weight is 378 g/mol. The third kappa shape index (κ3) is 4.47. The van der Waals surface area contributed by atoms with Gasteiger partial charge < -0.3 is 19.5 Å². The van der Waals surface area contributed by atoms with Crippen LogP contribution in [0, 0.1) is 10.1 Å². The lowest BCUT2D eigenvalue weighted by atomic mass is 9.95. The van der Waals surface area contributed by atoms with Crippen molar-refractivity contribution in [2.75, 3.05) is 13.2 Å². The van der Waals surface area contributed by atoms with Gasteiger partial charge in [-0.2, -0.15) is 0 Å². The molecular formula is C18H22N2O7. The van der Waals surface area contributed by atoms with Gasteiger partial charge in [-0.05, 0) is 19.8 Å². The van der Waals surface area contributed by atoms with Crippen molar-refractivity contribution in [3.63, 3.8) is 0 Å². The van der Waals surface area contributed by atoms with Gasteiger partial charge in [0.1, 0.15) is 18.8 Å². The molecule has 9 nitrogen and oxygen atoms in total. The summed E-state index contributed by atoms with van der Waals surface area (Å²) in [7, 11) is 0. The molecule has 0 unspecified atom stereocenters. The van der Waals surface area contributed by atoms with Crippen LogP contribution in [0.25, 0.3) is 0 Å². The third-order valence-electron chi connectivity index (χ3n) is 4.68. The fourth-order valence-corrected chi connectivity index (χ4v) is 3.24. The SMILES string of the molecule is C[C@H](OC(=O)c1cc2c(cc1[N+](=O)[O-])OCCO2)C(=O)NC1CCCCC1. The predicted octanol–water partition coefficient (Wildman–Crippen LogP) is 2.36. The lowest BCUT2D eigenvalue weighted by Crippen LogP contribution is -2.42. The molecule has 0 radical (unpaired) electrons. The summed E-state index contributed by atoms with van der Waals surface area (Å²) >= 11 is 0. The van der Waals surface area contributed by atoms with E-state index in [9.17, 15) is 19.7 Å². The van der Waals surface area contributed by atoms with E-state index in [0.717, 1.165) is 38.2 Å². The first kappa shape index (κ1) is 18.9. The number of rotatable bonds is 5. The predicted molar refractivity (Wildman–Crippen MR) is 94.0 cm³/mol. The average Bonchev–Trinajstić information content (AvgIpc) is 2.67. The van der Waals surface area contributed by atoms with Gasteiger partial charge in [0.2, 0.25) is 0 Å². The van der Waals surface area contributed by atoms with Crippen molar-refractivity contribution in [1.82, 2.24) is 5.32 Å². The van der Waals surface area contributed by atoms with E-state index in [4.69, 9.17) is 14.2 Å². The second-order valence-corrected chi connectivity index (χ2v) is 6.66. The highest BCUT2D eigenvalue weighted by Crippen LogP contribution is 2.37. The second kappa shape index (κ2) is 8.24. The molecule has 1 fully saturated rings. The van der Waals surface area contributed by atoms with E-state index in [0.29, 0.717) is 0 Å². The molecule has 1 saturated carbocycles. The first-order valence-corrected chi connectivity index (χ1v) is 9.05. The van der Waals surface area contributed by atoms with E-state index in [-0.39, 0.29) is 36.3 Å². The van der Waals surface area contributed by atoms with E-state index in [1.165, 1.54) is 13.0 Å². The lowest BCUT2D eigenvalue weighted by Gasteiger charge is -2.24. The maximum Gasteiger partial charge on any atom is 0.346 e. The second-order valence-electron chi connectivity index (χ2n) is 6.66. The Morgan fingerprint density at radius 2 is 1.81 bits per heavy atom. The van der Waals surface area contributed by atoms with Crippen molar-refractivity contribution in [2.45, 2.75) is 51.2 Å². The Balaban J connectivity index is 1.70. The zero-order valence-corrected chi connectivity index (χ0v) is 15.1. The van der Waals surface area contributed by atoms with E-state index < -0.39 is 28.6 Å². The van der Waals surface area contributed by atoms with Crippen LogP contribution in [0.15, 0.2) is 12.1 Å². The molecule has 0 saturated heterocycles. The Bertz CT molecular complexity index is 743. The number of fused-ring (bicyclic) bond motifs is 1. The fourth-order valence-electron chi connectivity index (χ4n) is 3.24. The molecule has 146 valence electrons. The molecule has 1 N–H and O–H groups in total. The number of ether oxygens (including phenoxy) is 3. The number of nitro groups is 1. The molecule has 1 aromatic carbocycles. The van der Waals surface area contributed by atoms with E-state index >= 15 is 0 Å². The number of hydrogen-bond acceptors (Lipinski definition) is 7. The van der Waals surface area contributed by atoms with Crippen LogP contribution in [0.1, 0.15) is 49.4 Å². The number of amides is 1. The quantitative estimate of drug-likeness (QED) is 0.475. The number of nitrogens with zero attached hydrogens (tertiary/aromatic N) is 1. The van der Waals surface area contributed by atoms with Crippen LogP contribution >= 0.6 is 0 Å². The summed E-state index contributed by atoms with van der Waals surface area (Å²) in [6, 6.07) is 2.44. The normalized spacial score (nSPS) is 17.7.